The number of rotatable bonds is 4. The molecule has 0 aliphatic carbocycles. The van der Waals surface area contributed by atoms with Crippen molar-refractivity contribution < 1.29 is 9.18 Å². The number of anilines is 1. The summed E-state index contributed by atoms with van der Waals surface area (Å²) in [5.74, 6) is -0.757. The number of nitrogens with zero attached hydrogens (tertiary/aromatic N) is 2. The van der Waals surface area contributed by atoms with E-state index < -0.39 is 5.91 Å². The van der Waals surface area contributed by atoms with E-state index >= 15 is 0 Å². The van der Waals surface area contributed by atoms with Crippen LogP contribution in [-0.4, -0.2) is 15.9 Å². The van der Waals surface area contributed by atoms with Gasteiger partial charge in [-0.1, -0.05) is 35.3 Å². The summed E-state index contributed by atoms with van der Waals surface area (Å²) in [5.41, 5.74) is 0.997. The quantitative estimate of drug-likeness (QED) is 0.658. The first-order valence-corrected chi connectivity index (χ1v) is 8.41. The van der Waals surface area contributed by atoms with Crippen LogP contribution in [0.3, 0.4) is 0 Å². The fraction of sp³-hybridized carbons (Fsp3) is 0.0625. The smallest absolute Gasteiger partial charge is 0.277 e. The molecule has 0 radical (unpaired) electrons. The standard InChI is InChI=1S/C16H10Cl2FN3OS/c17-12-5-6-13(18)21-14(12)15(23)22-16-20-8-11(24-16)7-9-1-3-10(19)4-2-9/h1-6,8H,7H2,(H,20,22,23). The molecule has 0 aliphatic rings. The van der Waals surface area contributed by atoms with Crippen molar-refractivity contribution in [2.24, 2.45) is 0 Å². The molecule has 2 heterocycles. The first-order chi connectivity index (χ1) is 11.5. The zero-order chi connectivity index (χ0) is 17.1. The molecule has 0 saturated heterocycles. The van der Waals surface area contributed by atoms with Crippen LogP contribution in [0.1, 0.15) is 20.9 Å². The molecule has 0 spiro atoms. The van der Waals surface area contributed by atoms with E-state index in [1.165, 1.54) is 35.6 Å². The molecular formula is C16H10Cl2FN3OS. The van der Waals surface area contributed by atoms with Crippen molar-refractivity contribution in [2.75, 3.05) is 5.32 Å². The summed E-state index contributed by atoms with van der Waals surface area (Å²) >= 11 is 13.1. The number of pyridine rings is 1. The van der Waals surface area contributed by atoms with Crippen molar-refractivity contribution in [1.29, 1.82) is 0 Å². The lowest BCUT2D eigenvalue weighted by Gasteiger charge is -2.03. The van der Waals surface area contributed by atoms with E-state index in [9.17, 15) is 9.18 Å². The second kappa shape index (κ2) is 7.25. The normalized spacial score (nSPS) is 10.6. The van der Waals surface area contributed by atoms with E-state index in [2.05, 4.69) is 15.3 Å². The Morgan fingerprint density at radius 2 is 1.92 bits per heavy atom. The van der Waals surface area contributed by atoms with Gasteiger partial charge in [-0.2, -0.15) is 0 Å². The van der Waals surface area contributed by atoms with Crippen LogP contribution in [-0.2, 0) is 6.42 Å². The van der Waals surface area contributed by atoms with Gasteiger partial charge in [0.25, 0.3) is 5.91 Å². The number of benzene rings is 1. The minimum absolute atomic E-state index is 0.0412. The van der Waals surface area contributed by atoms with E-state index in [0.29, 0.717) is 11.6 Å². The molecule has 1 aromatic carbocycles. The fourth-order valence-corrected chi connectivity index (χ4v) is 3.16. The molecule has 3 rings (SSSR count). The molecular weight excluding hydrogens is 372 g/mol. The third-order valence-electron chi connectivity index (χ3n) is 3.09. The van der Waals surface area contributed by atoms with Gasteiger partial charge in [0.1, 0.15) is 16.7 Å². The predicted octanol–water partition coefficient (Wildman–Crippen LogP) is 4.83. The van der Waals surface area contributed by atoms with Gasteiger partial charge in [0.2, 0.25) is 0 Å². The minimum Gasteiger partial charge on any atom is -0.296 e. The largest absolute Gasteiger partial charge is 0.296 e. The summed E-state index contributed by atoms with van der Waals surface area (Å²) in [4.78, 5) is 21.2. The van der Waals surface area contributed by atoms with Crippen LogP contribution in [0.5, 0.6) is 0 Å². The van der Waals surface area contributed by atoms with Gasteiger partial charge in [0.05, 0.1) is 5.02 Å². The number of halogens is 3. The molecule has 0 bridgehead atoms. The Morgan fingerprint density at radius 1 is 1.17 bits per heavy atom. The molecule has 0 fully saturated rings. The first kappa shape index (κ1) is 16.8. The van der Waals surface area contributed by atoms with Gasteiger partial charge in [-0.25, -0.2) is 14.4 Å². The molecule has 8 heteroatoms. The Kier molecular flexibility index (Phi) is 5.08. The van der Waals surface area contributed by atoms with Gasteiger partial charge < -0.3 is 0 Å². The first-order valence-electron chi connectivity index (χ1n) is 6.84. The van der Waals surface area contributed by atoms with E-state index in [-0.39, 0.29) is 21.7 Å². The van der Waals surface area contributed by atoms with Crippen molar-refractivity contribution in [3.63, 3.8) is 0 Å². The maximum absolute atomic E-state index is 12.9. The van der Waals surface area contributed by atoms with Gasteiger partial charge in [-0.15, -0.1) is 11.3 Å². The SMILES string of the molecule is O=C(Nc1ncc(Cc2ccc(F)cc2)s1)c1nc(Cl)ccc1Cl. The molecule has 1 amide bonds. The van der Waals surface area contributed by atoms with Crippen LogP contribution in [0.25, 0.3) is 0 Å². The summed E-state index contributed by atoms with van der Waals surface area (Å²) in [6, 6.07) is 9.25. The summed E-state index contributed by atoms with van der Waals surface area (Å²) in [7, 11) is 0. The number of carbonyl (C=O) groups excluding carboxylic acids is 1. The highest BCUT2D eigenvalue weighted by Crippen LogP contribution is 2.23. The molecule has 0 saturated carbocycles. The van der Waals surface area contributed by atoms with Crippen LogP contribution in [0.4, 0.5) is 9.52 Å². The molecule has 1 N–H and O–H groups in total. The molecule has 3 aromatic rings. The number of aromatic nitrogens is 2. The second-order valence-electron chi connectivity index (χ2n) is 4.85. The highest BCUT2D eigenvalue weighted by atomic mass is 35.5. The van der Waals surface area contributed by atoms with Gasteiger partial charge >= 0.3 is 0 Å². The molecule has 2 aromatic heterocycles. The maximum atomic E-state index is 12.9. The number of nitrogens with one attached hydrogen (secondary N) is 1. The number of thiazole rings is 1. The predicted molar refractivity (Wildman–Crippen MR) is 93.5 cm³/mol. The summed E-state index contributed by atoms with van der Waals surface area (Å²) < 4.78 is 12.9. The third kappa shape index (κ3) is 4.08. The maximum Gasteiger partial charge on any atom is 0.277 e. The van der Waals surface area contributed by atoms with Crippen LogP contribution >= 0.6 is 34.5 Å². The molecule has 24 heavy (non-hydrogen) atoms. The number of hydrogen-bond donors (Lipinski definition) is 1. The van der Waals surface area contributed by atoms with Crippen LogP contribution in [0.15, 0.2) is 42.6 Å². The molecule has 0 aliphatic heterocycles. The van der Waals surface area contributed by atoms with Gasteiger partial charge in [-0.05, 0) is 29.8 Å². The summed E-state index contributed by atoms with van der Waals surface area (Å²) in [6.45, 7) is 0. The summed E-state index contributed by atoms with van der Waals surface area (Å²) in [6.07, 6.45) is 2.26. The van der Waals surface area contributed by atoms with Gasteiger partial charge in [0, 0.05) is 17.5 Å². The van der Waals surface area contributed by atoms with Gasteiger partial charge in [-0.3, -0.25) is 10.1 Å². The Bertz CT molecular complexity index is 883. The average molecular weight is 382 g/mol. The van der Waals surface area contributed by atoms with Crippen molar-refractivity contribution in [3.8, 4) is 0 Å². The Labute approximate surface area is 151 Å². The topological polar surface area (TPSA) is 54.9 Å². The van der Waals surface area contributed by atoms with Crippen LogP contribution < -0.4 is 5.32 Å². The molecule has 122 valence electrons. The lowest BCUT2D eigenvalue weighted by Crippen LogP contribution is -2.14. The second-order valence-corrected chi connectivity index (χ2v) is 6.76. The Morgan fingerprint density at radius 3 is 2.67 bits per heavy atom. The lowest BCUT2D eigenvalue weighted by molar-refractivity contribution is 0.102. The number of amides is 1. The lowest BCUT2D eigenvalue weighted by atomic mass is 10.1. The van der Waals surface area contributed by atoms with Crippen molar-refractivity contribution in [3.05, 3.63) is 74.7 Å². The van der Waals surface area contributed by atoms with Crippen LogP contribution in [0.2, 0.25) is 10.2 Å². The monoisotopic (exact) mass is 381 g/mol. The van der Waals surface area contributed by atoms with E-state index in [4.69, 9.17) is 23.2 Å². The molecule has 4 nitrogen and oxygen atoms in total. The zero-order valence-corrected chi connectivity index (χ0v) is 14.4. The highest BCUT2D eigenvalue weighted by molar-refractivity contribution is 7.15. The van der Waals surface area contributed by atoms with Crippen molar-refractivity contribution >= 4 is 45.6 Å². The Hall–Kier alpha value is -2.02. The minimum atomic E-state index is -0.481. The number of hydrogen-bond acceptors (Lipinski definition) is 4. The average Bonchev–Trinajstić information content (AvgIpc) is 2.99. The van der Waals surface area contributed by atoms with Crippen LogP contribution in [0, 0.1) is 5.82 Å². The van der Waals surface area contributed by atoms with E-state index in [1.807, 2.05) is 0 Å². The molecule has 0 unspecified atom stereocenters. The zero-order valence-electron chi connectivity index (χ0n) is 12.1. The fourth-order valence-electron chi connectivity index (χ4n) is 1.98. The van der Waals surface area contributed by atoms with Crippen molar-refractivity contribution in [1.82, 2.24) is 9.97 Å². The molecule has 0 atom stereocenters. The number of carbonyl (C=O) groups is 1. The Balaban J connectivity index is 1.70. The summed E-state index contributed by atoms with van der Waals surface area (Å²) in [5, 5.41) is 3.46. The third-order valence-corrected chi connectivity index (χ3v) is 4.52. The van der Waals surface area contributed by atoms with Crippen molar-refractivity contribution in [2.45, 2.75) is 6.42 Å². The van der Waals surface area contributed by atoms with Gasteiger partial charge in [0.15, 0.2) is 5.13 Å². The highest BCUT2D eigenvalue weighted by Gasteiger charge is 2.15. The van der Waals surface area contributed by atoms with E-state index in [0.717, 1.165) is 10.4 Å². The van der Waals surface area contributed by atoms with E-state index in [1.54, 1.807) is 18.3 Å².